The average molecular weight is 475 g/mol. The molecule has 4 rings (SSSR count). The number of benzene rings is 2. The fourth-order valence-corrected chi connectivity index (χ4v) is 3.05. The minimum Gasteiger partial charge on any atom is -0.486 e. The maximum atomic E-state index is 12.5. The lowest BCUT2D eigenvalue weighted by Crippen LogP contribution is -2.12. The Morgan fingerprint density at radius 1 is 1.21 bits per heavy atom. The van der Waals surface area contributed by atoms with E-state index in [1.54, 1.807) is 30.3 Å². The van der Waals surface area contributed by atoms with E-state index in [4.69, 9.17) is 20.8 Å². The SMILES string of the molecule is O=C(Nc1cc(-n2cnnn2)ccc1Cl)c1ccc(COc2cccc(Br)c2)o1. The number of nitrogens with zero attached hydrogens (tertiary/aromatic N) is 4. The topological polar surface area (TPSA) is 95.1 Å². The van der Waals surface area contributed by atoms with Crippen molar-refractivity contribution in [2.75, 3.05) is 5.32 Å². The number of hydrogen-bond donors (Lipinski definition) is 1. The van der Waals surface area contributed by atoms with E-state index in [1.165, 1.54) is 11.0 Å². The van der Waals surface area contributed by atoms with Crippen LogP contribution in [0.25, 0.3) is 5.69 Å². The highest BCUT2D eigenvalue weighted by Gasteiger charge is 2.14. The molecule has 0 spiro atoms. The van der Waals surface area contributed by atoms with Crippen molar-refractivity contribution >= 4 is 39.1 Å². The van der Waals surface area contributed by atoms with Crippen LogP contribution in [0, 0.1) is 0 Å². The molecule has 1 N–H and O–H groups in total. The predicted octanol–water partition coefficient (Wildman–Crippen LogP) is 4.50. The number of carbonyl (C=O) groups is 1. The van der Waals surface area contributed by atoms with Gasteiger partial charge in [-0.15, -0.1) is 5.10 Å². The van der Waals surface area contributed by atoms with E-state index in [0.29, 0.717) is 27.9 Å². The van der Waals surface area contributed by atoms with Crippen molar-refractivity contribution in [3.8, 4) is 11.4 Å². The largest absolute Gasteiger partial charge is 0.486 e. The van der Waals surface area contributed by atoms with Crippen LogP contribution in [-0.4, -0.2) is 26.1 Å². The van der Waals surface area contributed by atoms with Gasteiger partial charge in [-0.1, -0.05) is 33.6 Å². The number of rotatable bonds is 6. The molecule has 0 atom stereocenters. The summed E-state index contributed by atoms with van der Waals surface area (Å²) in [5, 5.41) is 14.1. The highest BCUT2D eigenvalue weighted by atomic mass is 79.9. The molecule has 146 valence electrons. The number of hydrogen-bond acceptors (Lipinski definition) is 6. The molecular weight excluding hydrogens is 462 g/mol. The maximum absolute atomic E-state index is 12.5. The van der Waals surface area contributed by atoms with Crippen molar-refractivity contribution in [1.82, 2.24) is 20.2 Å². The van der Waals surface area contributed by atoms with Gasteiger partial charge in [0.2, 0.25) is 0 Å². The first-order valence-corrected chi connectivity index (χ1v) is 9.57. The fourth-order valence-electron chi connectivity index (χ4n) is 2.50. The highest BCUT2D eigenvalue weighted by Crippen LogP contribution is 2.25. The van der Waals surface area contributed by atoms with Gasteiger partial charge in [-0.2, -0.15) is 0 Å². The van der Waals surface area contributed by atoms with E-state index >= 15 is 0 Å². The van der Waals surface area contributed by atoms with Gasteiger partial charge in [0, 0.05) is 4.47 Å². The lowest BCUT2D eigenvalue weighted by Gasteiger charge is -2.08. The Bertz CT molecular complexity index is 1150. The van der Waals surface area contributed by atoms with Crippen LogP contribution in [-0.2, 0) is 6.61 Å². The van der Waals surface area contributed by atoms with E-state index < -0.39 is 5.91 Å². The Morgan fingerprint density at radius 2 is 2.10 bits per heavy atom. The first kappa shape index (κ1) is 19.2. The second kappa shape index (κ2) is 8.46. The van der Waals surface area contributed by atoms with Crippen molar-refractivity contribution in [1.29, 1.82) is 0 Å². The van der Waals surface area contributed by atoms with Gasteiger partial charge in [0.25, 0.3) is 5.91 Å². The van der Waals surface area contributed by atoms with Crippen molar-refractivity contribution in [2.24, 2.45) is 0 Å². The standard InChI is InChI=1S/C19H13BrClN5O3/c20-12-2-1-3-14(8-12)28-10-15-5-7-18(29-15)19(27)23-17-9-13(4-6-16(17)21)26-11-22-24-25-26/h1-9,11H,10H2,(H,23,27). The zero-order valence-electron chi connectivity index (χ0n) is 14.8. The van der Waals surface area contributed by atoms with Crippen LogP contribution >= 0.6 is 27.5 Å². The highest BCUT2D eigenvalue weighted by molar-refractivity contribution is 9.10. The molecule has 0 bridgehead atoms. The predicted molar refractivity (Wildman–Crippen MR) is 109 cm³/mol. The molecule has 0 saturated carbocycles. The number of nitrogens with one attached hydrogen (secondary N) is 1. The van der Waals surface area contributed by atoms with Gasteiger partial charge < -0.3 is 14.5 Å². The van der Waals surface area contributed by atoms with Crippen LogP contribution in [0.15, 0.2) is 69.8 Å². The molecule has 2 aromatic heterocycles. The lowest BCUT2D eigenvalue weighted by atomic mass is 10.2. The molecule has 8 nitrogen and oxygen atoms in total. The van der Waals surface area contributed by atoms with Gasteiger partial charge in [0.05, 0.1) is 16.4 Å². The maximum Gasteiger partial charge on any atom is 0.291 e. The number of furan rings is 1. The zero-order valence-corrected chi connectivity index (χ0v) is 17.1. The van der Waals surface area contributed by atoms with E-state index in [1.807, 2.05) is 24.3 Å². The number of carbonyl (C=O) groups excluding carboxylic acids is 1. The van der Waals surface area contributed by atoms with Crippen molar-refractivity contribution in [3.63, 3.8) is 0 Å². The van der Waals surface area contributed by atoms with Gasteiger partial charge in [0.15, 0.2) is 5.76 Å². The summed E-state index contributed by atoms with van der Waals surface area (Å²) < 4.78 is 13.6. The Morgan fingerprint density at radius 3 is 2.90 bits per heavy atom. The van der Waals surface area contributed by atoms with Gasteiger partial charge in [-0.25, -0.2) is 4.68 Å². The molecule has 0 aliphatic rings. The second-order valence-corrected chi connectivity index (χ2v) is 7.21. The lowest BCUT2D eigenvalue weighted by molar-refractivity contribution is 0.0992. The molecule has 0 aliphatic heterocycles. The van der Waals surface area contributed by atoms with Crippen LogP contribution in [0.2, 0.25) is 5.02 Å². The summed E-state index contributed by atoms with van der Waals surface area (Å²) in [5.41, 5.74) is 1.06. The van der Waals surface area contributed by atoms with E-state index in [0.717, 1.165) is 4.47 Å². The fraction of sp³-hybridized carbons (Fsp3) is 0.0526. The molecular formula is C19H13BrClN5O3. The number of amides is 1. The first-order chi connectivity index (χ1) is 14.1. The number of ether oxygens (including phenoxy) is 1. The van der Waals surface area contributed by atoms with Gasteiger partial charge in [0.1, 0.15) is 24.4 Å². The smallest absolute Gasteiger partial charge is 0.291 e. The van der Waals surface area contributed by atoms with Crippen LogP contribution in [0.4, 0.5) is 5.69 Å². The quantitative estimate of drug-likeness (QED) is 0.442. The molecule has 2 heterocycles. The minimum atomic E-state index is -0.436. The number of anilines is 1. The summed E-state index contributed by atoms with van der Waals surface area (Å²) in [5.74, 6) is 0.910. The molecule has 10 heteroatoms. The summed E-state index contributed by atoms with van der Waals surface area (Å²) in [6.45, 7) is 0.194. The van der Waals surface area contributed by atoms with Gasteiger partial charge in [-0.3, -0.25) is 4.79 Å². The van der Waals surface area contributed by atoms with Crippen molar-refractivity contribution < 1.29 is 13.9 Å². The summed E-state index contributed by atoms with van der Waals surface area (Å²) >= 11 is 9.58. The van der Waals surface area contributed by atoms with E-state index in [2.05, 4.69) is 36.8 Å². The Kier molecular flexibility index (Phi) is 5.59. The third-order valence-corrected chi connectivity index (χ3v) is 4.70. The van der Waals surface area contributed by atoms with Gasteiger partial charge in [-0.05, 0) is 59.0 Å². The molecule has 1 amide bonds. The normalized spacial score (nSPS) is 10.7. The third kappa shape index (κ3) is 4.64. The third-order valence-electron chi connectivity index (χ3n) is 3.87. The number of halogens is 2. The Balaban J connectivity index is 1.43. The number of tetrazole rings is 1. The van der Waals surface area contributed by atoms with Crippen LogP contribution < -0.4 is 10.1 Å². The summed E-state index contributed by atoms with van der Waals surface area (Å²) in [7, 11) is 0. The van der Waals surface area contributed by atoms with E-state index in [-0.39, 0.29) is 12.4 Å². The summed E-state index contributed by atoms with van der Waals surface area (Å²) in [6.07, 6.45) is 1.44. The molecule has 0 radical (unpaired) electrons. The van der Waals surface area contributed by atoms with E-state index in [9.17, 15) is 4.79 Å². The molecule has 0 fully saturated rings. The van der Waals surface area contributed by atoms with Crippen LogP contribution in [0.1, 0.15) is 16.3 Å². The monoisotopic (exact) mass is 473 g/mol. The molecule has 0 unspecified atom stereocenters. The Labute approximate surface area is 178 Å². The second-order valence-electron chi connectivity index (χ2n) is 5.88. The minimum absolute atomic E-state index is 0.140. The molecule has 0 saturated heterocycles. The summed E-state index contributed by atoms with van der Waals surface area (Å²) in [4.78, 5) is 12.5. The van der Waals surface area contributed by atoms with Gasteiger partial charge >= 0.3 is 0 Å². The van der Waals surface area contributed by atoms with Crippen molar-refractivity contribution in [2.45, 2.75) is 6.61 Å². The summed E-state index contributed by atoms with van der Waals surface area (Å²) in [6, 6.07) is 15.8. The molecule has 0 aliphatic carbocycles. The Hall–Kier alpha value is -3.17. The van der Waals surface area contributed by atoms with Crippen molar-refractivity contribution in [3.05, 3.63) is 81.9 Å². The first-order valence-electron chi connectivity index (χ1n) is 8.40. The average Bonchev–Trinajstić information content (AvgIpc) is 3.40. The van der Waals surface area contributed by atoms with Crippen LogP contribution in [0.5, 0.6) is 5.75 Å². The molecule has 4 aromatic rings. The number of aromatic nitrogens is 4. The van der Waals surface area contributed by atoms with Crippen LogP contribution in [0.3, 0.4) is 0 Å². The molecule has 2 aromatic carbocycles. The zero-order chi connectivity index (χ0) is 20.2. The molecule has 29 heavy (non-hydrogen) atoms.